The van der Waals surface area contributed by atoms with Crippen LogP contribution in [0.15, 0.2) is 54.6 Å². The maximum atomic E-state index is 12.7. The maximum absolute atomic E-state index is 12.7. The largest absolute Gasteiger partial charge is 0.478 e. The Morgan fingerprint density at radius 3 is 2.48 bits per heavy atom. The summed E-state index contributed by atoms with van der Waals surface area (Å²) in [6, 6.07) is 17.0. The van der Waals surface area contributed by atoms with Crippen LogP contribution >= 0.6 is 0 Å². The van der Waals surface area contributed by atoms with Gasteiger partial charge in [0.25, 0.3) is 11.8 Å². The van der Waals surface area contributed by atoms with Crippen LogP contribution < -0.4 is 15.0 Å². The Morgan fingerprint density at radius 1 is 1.06 bits per heavy atom. The lowest BCUT2D eigenvalue weighted by Crippen LogP contribution is -2.51. The number of amides is 2. The summed E-state index contributed by atoms with van der Waals surface area (Å²) in [6.07, 6.45) is -2.17. The van der Waals surface area contributed by atoms with Crippen molar-refractivity contribution < 1.29 is 23.9 Å². The van der Waals surface area contributed by atoms with Crippen molar-refractivity contribution in [1.29, 1.82) is 0 Å². The predicted octanol–water partition coefficient (Wildman–Crippen LogP) is 2.06. The zero-order chi connectivity index (χ0) is 21.8. The van der Waals surface area contributed by atoms with Gasteiger partial charge in [0.15, 0.2) is 12.2 Å². The van der Waals surface area contributed by atoms with Crippen LogP contribution in [-0.2, 0) is 19.1 Å². The van der Waals surface area contributed by atoms with E-state index in [0.29, 0.717) is 37.6 Å². The van der Waals surface area contributed by atoms with Gasteiger partial charge in [-0.1, -0.05) is 30.3 Å². The molecule has 162 valence electrons. The highest BCUT2D eigenvalue weighted by Crippen LogP contribution is 2.29. The number of rotatable bonds is 5. The van der Waals surface area contributed by atoms with E-state index in [0.717, 1.165) is 5.69 Å². The standard InChI is InChI=1S/C23H25N3O5/c1-16(23(29)26-13-11-25(12-14-26)17-7-3-2-4-8-17)30-21(27)15-20-22(28)24-18-9-5-6-10-19(18)31-20/h2-10,16,20H,11-15H2,1H3,(H,24,28)/t16-,20-/m1/s1. The van der Waals surface area contributed by atoms with Crippen LogP contribution in [0.1, 0.15) is 13.3 Å². The summed E-state index contributed by atoms with van der Waals surface area (Å²) in [5.41, 5.74) is 1.69. The first kappa shape index (κ1) is 20.7. The molecule has 4 rings (SSSR count). The van der Waals surface area contributed by atoms with Crippen molar-refractivity contribution in [3.05, 3.63) is 54.6 Å². The molecule has 1 saturated heterocycles. The molecule has 2 aromatic carbocycles. The van der Waals surface area contributed by atoms with Gasteiger partial charge in [0.1, 0.15) is 5.75 Å². The average molecular weight is 423 g/mol. The van der Waals surface area contributed by atoms with E-state index in [1.165, 1.54) is 0 Å². The van der Waals surface area contributed by atoms with E-state index >= 15 is 0 Å². The lowest BCUT2D eigenvalue weighted by molar-refractivity contribution is -0.161. The first-order valence-corrected chi connectivity index (χ1v) is 10.4. The van der Waals surface area contributed by atoms with E-state index in [-0.39, 0.29) is 12.3 Å². The number of para-hydroxylation sites is 3. The Balaban J connectivity index is 1.26. The van der Waals surface area contributed by atoms with Crippen LogP contribution in [0.4, 0.5) is 11.4 Å². The molecule has 2 atom stereocenters. The van der Waals surface area contributed by atoms with Gasteiger partial charge < -0.3 is 24.6 Å². The Morgan fingerprint density at radius 2 is 1.74 bits per heavy atom. The summed E-state index contributed by atoms with van der Waals surface area (Å²) >= 11 is 0. The van der Waals surface area contributed by atoms with Gasteiger partial charge in [-0.15, -0.1) is 0 Å². The highest BCUT2D eigenvalue weighted by Gasteiger charge is 2.32. The van der Waals surface area contributed by atoms with Crippen molar-refractivity contribution in [2.75, 3.05) is 36.4 Å². The number of fused-ring (bicyclic) bond motifs is 1. The monoisotopic (exact) mass is 423 g/mol. The zero-order valence-corrected chi connectivity index (χ0v) is 17.3. The highest BCUT2D eigenvalue weighted by atomic mass is 16.6. The van der Waals surface area contributed by atoms with E-state index in [9.17, 15) is 14.4 Å². The van der Waals surface area contributed by atoms with Crippen LogP contribution in [0.5, 0.6) is 5.75 Å². The number of nitrogens with zero attached hydrogens (tertiary/aromatic N) is 2. The minimum atomic E-state index is -0.987. The smallest absolute Gasteiger partial charge is 0.310 e. The predicted molar refractivity (Wildman–Crippen MR) is 115 cm³/mol. The lowest BCUT2D eigenvalue weighted by atomic mass is 10.1. The number of esters is 1. The second kappa shape index (κ2) is 9.07. The first-order chi connectivity index (χ1) is 15.0. The Kier molecular flexibility index (Phi) is 6.06. The second-order valence-electron chi connectivity index (χ2n) is 7.58. The van der Waals surface area contributed by atoms with Gasteiger partial charge in [0, 0.05) is 31.9 Å². The number of nitrogens with one attached hydrogen (secondary N) is 1. The molecular formula is C23H25N3O5. The highest BCUT2D eigenvalue weighted by molar-refractivity contribution is 5.99. The topological polar surface area (TPSA) is 88.2 Å². The molecule has 0 radical (unpaired) electrons. The van der Waals surface area contributed by atoms with Gasteiger partial charge in [-0.2, -0.15) is 0 Å². The molecule has 0 unspecified atom stereocenters. The summed E-state index contributed by atoms with van der Waals surface area (Å²) in [6.45, 7) is 4.10. The molecule has 31 heavy (non-hydrogen) atoms. The number of hydrogen-bond donors (Lipinski definition) is 1. The molecule has 0 bridgehead atoms. The van der Waals surface area contributed by atoms with Gasteiger partial charge in [-0.3, -0.25) is 14.4 Å². The van der Waals surface area contributed by atoms with Crippen molar-refractivity contribution in [3.8, 4) is 5.75 Å². The summed E-state index contributed by atoms with van der Waals surface area (Å²) in [5.74, 6) is -0.796. The molecular weight excluding hydrogens is 398 g/mol. The van der Waals surface area contributed by atoms with E-state index in [1.807, 2.05) is 30.3 Å². The molecule has 2 aliphatic heterocycles. The molecule has 8 heteroatoms. The third kappa shape index (κ3) is 4.79. The molecule has 8 nitrogen and oxygen atoms in total. The molecule has 1 fully saturated rings. The summed E-state index contributed by atoms with van der Waals surface area (Å²) < 4.78 is 10.9. The third-order valence-electron chi connectivity index (χ3n) is 5.43. The lowest BCUT2D eigenvalue weighted by Gasteiger charge is -2.37. The van der Waals surface area contributed by atoms with Crippen molar-refractivity contribution in [2.45, 2.75) is 25.6 Å². The number of benzene rings is 2. The van der Waals surface area contributed by atoms with Crippen molar-refractivity contribution in [2.24, 2.45) is 0 Å². The van der Waals surface area contributed by atoms with Crippen LogP contribution in [0, 0.1) is 0 Å². The van der Waals surface area contributed by atoms with Gasteiger partial charge in [0.2, 0.25) is 0 Å². The Labute approximate surface area is 180 Å². The molecule has 0 saturated carbocycles. The number of ether oxygens (including phenoxy) is 2. The molecule has 0 spiro atoms. The Bertz CT molecular complexity index is 957. The molecule has 2 aliphatic rings. The minimum absolute atomic E-state index is 0.236. The second-order valence-corrected chi connectivity index (χ2v) is 7.58. The minimum Gasteiger partial charge on any atom is -0.478 e. The van der Waals surface area contributed by atoms with Crippen LogP contribution in [-0.4, -0.2) is 61.1 Å². The van der Waals surface area contributed by atoms with E-state index in [4.69, 9.17) is 9.47 Å². The van der Waals surface area contributed by atoms with Gasteiger partial charge in [0.05, 0.1) is 12.1 Å². The number of carbonyl (C=O) groups is 3. The Hall–Kier alpha value is -3.55. The fourth-order valence-corrected chi connectivity index (χ4v) is 3.76. The third-order valence-corrected chi connectivity index (χ3v) is 5.43. The number of hydrogen-bond acceptors (Lipinski definition) is 6. The van der Waals surface area contributed by atoms with Crippen molar-refractivity contribution in [1.82, 2.24) is 4.90 Å². The summed E-state index contributed by atoms with van der Waals surface area (Å²) in [4.78, 5) is 41.2. The quantitative estimate of drug-likeness (QED) is 0.741. The molecule has 2 heterocycles. The fourth-order valence-electron chi connectivity index (χ4n) is 3.76. The van der Waals surface area contributed by atoms with Gasteiger partial charge in [-0.05, 0) is 31.2 Å². The van der Waals surface area contributed by atoms with E-state index in [2.05, 4.69) is 10.2 Å². The first-order valence-electron chi connectivity index (χ1n) is 10.4. The fraction of sp³-hybridized carbons (Fsp3) is 0.348. The van der Waals surface area contributed by atoms with Crippen molar-refractivity contribution >= 4 is 29.2 Å². The number of carbonyl (C=O) groups excluding carboxylic acids is 3. The van der Waals surface area contributed by atoms with Gasteiger partial charge >= 0.3 is 5.97 Å². The molecule has 0 aliphatic carbocycles. The van der Waals surface area contributed by atoms with Crippen LogP contribution in [0.25, 0.3) is 0 Å². The zero-order valence-electron chi connectivity index (χ0n) is 17.3. The van der Waals surface area contributed by atoms with Crippen LogP contribution in [0.3, 0.4) is 0 Å². The summed E-state index contributed by atoms with van der Waals surface area (Å²) in [5, 5.41) is 2.71. The normalized spacial score (nSPS) is 19.0. The number of anilines is 2. The molecule has 2 amide bonds. The van der Waals surface area contributed by atoms with Gasteiger partial charge in [-0.25, -0.2) is 0 Å². The molecule has 1 N–H and O–H groups in total. The van der Waals surface area contributed by atoms with E-state index in [1.54, 1.807) is 36.1 Å². The molecule has 2 aromatic rings. The molecule has 0 aromatic heterocycles. The summed E-state index contributed by atoms with van der Waals surface area (Å²) in [7, 11) is 0. The maximum Gasteiger partial charge on any atom is 0.310 e. The number of piperazine rings is 1. The van der Waals surface area contributed by atoms with E-state index < -0.39 is 24.1 Å². The van der Waals surface area contributed by atoms with Crippen molar-refractivity contribution in [3.63, 3.8) is 0 Å². The SMILES string of the molecule is C[C@@H](OC(=O)C[C@H]1Oc2ccccc2NC1=O)C(=O)N1CCN(c2ccccc2)CC1. The average Bonchev–Trinajstić information content (AvgIpc) is 2.79. The van der Waals surface area contributed by atoms with Crippen LogP contribution in [0.2, 0.25) is 0 Å².